The maximum absolute atomic E-state index is 12.9. The summed E-state index contributed by atoms with van der Waals surface area (Å²) in [4.78, 5) is 12.9. The van der Waals surface area contributed by atoms with Crippen LogP contribution in [0, 0.1) is 39.4 Å². The van der Waals surface area contributed by atoms with Crippen molar-refractivity contribution in [3.8, 4) is 0 Å². The number of rotatable bonds is 1. The summed E-state index contributed by atoms with van der Waals surface area (Å²) >= 11 is 0. The normalized spacial score (nSPS) is 55.3. The fraction of sp³-hybridized carbons (Fsp3) is 0.889. The van der Waals surface area contributed by atoms with Crippen molar-refractivity contribution in [1.82, 2.24) is 0 Å². The molecule has 3 nitrogen and oxygen atoms in total. The molecule has 0 aromatic rings. The van der Waals surface area contributed by atoms with Gasteiger partial charge in [0.2, 0.25) is 0 Å². The molecule has 3 saturated carbocycles. The Morgan fingerprint density at radius 1 is 0.967 bits per heavy atom. The van der Waals surface area contributed by atoms with Crippen molar-refractivity contribution >= 4 is 5.97 Å². The zero-order valence-corrected chi connectivity index (χ0v) is 20.0. The third-order valence-corrected chi connectivity index (χ3v) is 11.6. The average Bonchev–Trinajstić information content (AvgIpc) is 2.99. The molecule has 1 aliphatic heterocycles. The van der Waals surface area contributed by atoms with Gasteiger partial charge in [-0.05, 0) is 85.9 Å². The monoisotopic (exact) mass is 414 g/mol. The number of carbonyl (C=O) groups excluding carboxylic acids is 1. The number of fused-ring (bicyclic) bond motifs is 6. The molecule has 0 spiro atoms. The summed E-state index contributed by atoms with van der Waals surface area (Å²) in [6.07, 6.45) is 10.2. The van der Waals surface area contributed by atoms with Gasteiger partial charge < -0.3 is 9.84 Å². The number of esters is 1. The summed E-state index contributed by atoms with van der Waals surface area (Å²) in [5.41, 5.74) is 2.66. The fourth-order valence-corrected chi connectivity index (χ4v) is 10.1. The Hall–Kier alpha value is -0.830. The number of aliphatic hydroxyl groups excluding tert-OH is 1. The van der Waals surface area contributed by atoms with E-state index < -0.39 is 6.10 Å². The van der Waals surface area contributed by atoms with E-state index >= 15 is 0 Å². The summed E-state index contributed by atoms with van der Waals surface area (Å²) < 4.78 is 5.64. The van der Waals surface area contributed by atoms with Crippen LogP contribution < -0.4 is 0 Å². The largest absolute Gasteiger partial charge is 0.455 e. The van der Waals surface area contributed by atoms with Crippen LogP contribution in [0.3, 0.4) is 0 Å². The van der Waals surface area contributed by atoms with E-state index in [0.29, 0.717) is 22.7 Å². The zero-order chi connectivity index (χ0) is 21.7. The number of ether oxygens (including phenoxy) is 1. The quantitative estimate of drug-likeness (QED) is 0.531. The van der Waals surface area contributed by atoms with E-state index in [0.717, 1.165) is 29.9 Å². The molecule has 3 heteroatoms. The molecule has 30 heavy (non-hydrogen) atoms. The highest BCUT2D eigenvalue weighted by atomic mass is 16.5. The first-order chi connectivity index (χ1) is 14.0. The van der Waals surface area contributed by atoms with E-state index in [1.807, 2.05) is 6.92 Å². The van der Waals surface area contributed by atoms with Crippen LogP contribution in [0.1, 0.15) is 99.3 Å². The van der Waals surface area contributed by atoms with Gasteiger partial charge in [0.15, 0.2) is 0 Å². The van der Waals surface area contributed by atoms with Crippen LogP contribution in [0.15, 0.2) is 11.1 Å². The lowest BCUT2D eigenvalue weighted by Crippen LogP contribution is -2.62. The highest BCUT2D eigenvalue weighted by molar-refractivity contribution is 5.94. The summed E-state index contributed by atoms with van der Waals surface area (Å²) in [5, 5.41) is 11.2. The number of hydrogen-bond acceptors (Lipinski definition) is 3. The lowest BCUT2D eigenvalue weighted by molar-refractivity contribution is -0.195. The predicted octanol–water partition coefficient (Wildman–Crippen LogP) is 6.05. The van der Waals surface area contributed by atoms with Crippen LogP contribution in [-0.4, -0.2) is 23.3 Å². The molecule has 0 amide bonds. The Morgan fingerprint density at radius 2 is 1.63 bits per heavy atom. The summed E-state index contributed by atoms with van der Waals surface area (Å²) in [7, 11) is 0. The minimum absolute atomic E-state index is 0.145. The molecule has 0 radical (unpaired) electrons. The zero-order valence-electron chi connectivity index (χ0n) is 20.0. The SMILES string of the molecule is CCC1(C)CCCC2(C)C1CCC1(C)C3CC(O)C4=C(C(=O)OC4C)C3(C)CCC21. The molecule has 5 aliphatic rings. The van der Waals surface area contributed by atoms with Gasteiger partial charge in [0, 0.05) is 16.6 Å². The Kier molecular flexibility index (Phi) is 4.46. The second-order valence-electron chi connectivity index (χ2n) is 12.7. The average molecular weight is 415 g/mol. The lowest BCUT2D eigenvalue weighted by atomic mass is 9.35. The lowest BCUT2D eigenvalue weighted by Gasteiger charge is -2.69. The molecule has 0 aromatic carbocycles. The molecule has 9 atom stereocenters. The van der Waals surface area contributed by atoms with Crippen LogP contribution in [-0.2, 0) is 9.53 Å². The number of carbonyl (C=O) groups is 1. The molecular formula is C27H42O3. The van der Waals surface area contributed by atoms with Crippen molar-refractivity contribution in [3.63, 3.8) is 0 Å². The van der Waals surface area contributed by atoms with Gasteiger partial charge in [-0.1, -0.05) is 47.5 Å². The van der Waals surface area contributed by atoms with Crippen molar-refractivity contribution in [2.45, 2.75) is 112 Å². The smallest absolute Gasteiger partial charge is 0.335 e. The van der Waals surface area contributed by atoms with Gasteiger partial charge in [-0.2, -0.15) is 0 Å². The van der Waals surface area contributed by atoms with E-state index in [1.54, 1.807) is 0 Å². The first-order valence-electron chi connectivity index (χ1n) is 12.6. The van der Waals surface area contributed by atoms with Crippen molar-refractivity contribution in [2.75, 3.05) is 0 Å². The van der Waals surface area contributed by atoms with Crippen LogP contribution >= 0.6 is 0 Å². The first kappa shape index (κ1) is 21.0. The van der Waals surface area contributed by atoms with Crippen molar-refractivity contribution in [2.24, 2.45) is 39.4 Å². The molecule has 1 heterocycles. The topological polar surface area (TPSA) is 46.5 Å². The van der Waals surface area contributed by atoms with Gasteiger partial charge in [-0.15, -0.1) is 0 Å². The molecule has 0 bridgehead atoms. The molecule has 4 aliphatic carbocycles. The highest BCUT2D eigenvalue weighted by Crippen LogP contribution is 2.73. The van der Waals surface area contributed by atoms with Gasteiger partial charge in [0.1, 0.15) is 6.10 Å². The number of cyclic esters (lactones) is 1. The molecule has 3 fully saturated rings. The Balaban J connectivity index is 1.58. The molecule has 1 N–H and O–H groups in total. The second kappa shape index (κ2) is 6.36. The molecule has 9 unspecified atom stereocenters. The van der Waals surface area contributed by atoms with Crippen molar-refractivity contribution in [1.29, 1.82) is 0 Å². The molecule has 0 aromatic heterocycles. The maximum atomic E-state index is 12.9. The van der Waals surface area contributed by atoms with Crippen molar-refractivity contribution in [3.05, 3.63) is 11.1 Å². The van der Waals surface area contributed by atoms with E-state index in [9.17, 15) is 9.90 Å². The third-order valence-electron chi connectivity index (χ3n) is 11.6. The molecule has 0 saturated heterocycles. The number of aliphatic hydroxyl groups is 1. The van der Waals surface area contributed by atoms with Crippen LogP contribution in [0.2, 0.25) is 0 Å². The first-order valence-corrected chi connectivity index (χ1v) is 12.6. The van der Waals surface area contributed by atoms with E-state index in [4.69, 9.17) is 4.74 Å². The number of hydrogen-bond donors (Lipinski definition) is 1. The highest BCUT2D eigenvalue weighted by Gasteiger charge is 2.67. The van der Waals surface area contributed by atoms with Gasteiger partial charge in [0.05, 0.1) is 6.10 Å². The summed E-state index contributed by atoms with van der Waals surface area (Å²) in [5.74, 6) is 1.72. The molecule has 168 valence electrons. The van der Waals surface area contributed by atoms with E-state index in [-0.39, 0.29) is 22.9 Å². The minimum Gasteiger partial charge on any atom is -0.455 e. The Morgan fingerprint density at radius 3 is 2.33 bits per heavy atom. The standard InChI is InChI=1S/C27H42O3/c1-7-24(3)11-8-12-25(4)18(24)9-13-26(5)19(25)10-14-27(6)20(26)15-17(28)21-16(2)30-23(29)22(21)27/h16-20,28H,7-15H2,1-6H3. The Labute approximate surface area is 183 Å². The van der Waals surface area contributed by atoms with Gasteiger partial charge in [0.25, 0.3) is 0 Å². The fourth-order valence-electron chi connectivity index (χ4n) is 10.1. The maximum Gasteiger partial charge on any atom is 0.335 e. The predicted molar refractivity (Wildman–Crippen MR) is 119 cm³/mol. The summed E-state index contributed by atoms with van der Waals surface area (Å²) in [6.45, 7) is 14.4. The van der Waals surface area contributed by atoms with Gasteiger partial charge in [-0.3, -0.25) is 0 Å². The molecular weight excluding hydrogens is 372 g/mol. The molecule has 5 rings (SSSR count). The van der Waals surface area contributed by atoms with Crippen LogP contribution in [0.5, 0.6) is 0 Å². The van der Waals surface area contributed by atoms with Gasteiger partial charge in [-0.25, -0.2) is 4.79 Å². The van der Waals surface area contributed by atoms with E-state index in [2.05, 4.69) is 34.6 Å². The van der Waals surface area contributed by atoms with Crippen LogP contribution in [0.4, 0.5) is 0 Å². The minimum atomic E-state index is -0.520. The van der Waals surface area contributed by atoms with Gasteiger partial charge >= 0.3 is 5.97 Å². The third kappa shape index (κ3) is 2.39. The Bertz CT molecular complexity index is 800. The second-order valence-corrected chi connectivity index (χ2v) is 12.7. The van der Waals surface area contributed by atoms with E-state index in [1.165, 1.54) is 44.9 Å². The van der Waals surface area contributed by atoms with Crippen LogP contribution in [0.25, 0.3) is 0 Å². The summed E-state index contributed by atoms with van der Waals surface area (Å²) in [6, 6.07) is 0. The van der Waals surface area contributed by atoms with Crippen molar-refractivity contribution < 1.29 is 14.6 Å².